The molecule has 0 aliphatic carbocycles. The van der Waals surface area contributed by atoms with E-state index in [4.69, 9.17) is 5.73 Å². The summed E-state index contributed by atoms with van der Waals surface area (Å²) in [6.45, 7) is 6.86. The molecule has 100 valence electrons. The Bertz CT molecular complexity index is 408. The van der Waals surface area contributed by atoms with Gasteiger partial charge in [-0.2, -0.15) is 0 Å². The molecule has 0 amide bonds. The van der Waals surface area contributed by atoms with Crippen molar-refractivity contribution in [2.45, 2.75) is 39.3 Å². The Morgan fingerprint density at radius 1 is 1.50 bits per heavy atom. The minimum Gasteiger partial charge on any atom is -0.506 e. The van der Waals surface area contributed by atoms with Crippen LogP contribution in [-0.4, -0.2) is 34.1 Å². The minimum absolute atomic E-state index is 0.295. The molecular weight excluding hydrogens is 226 g/mol. The Morgan fingerprint density at radius 2 is 2.28 bits per heavy atom. The molecule has 2 unspecified atom stereocenters. The lowest BCUT2D eigenvalue weighted by atomic mass is 9.90. The van der Waals surface area contributed by atoms with E-state index < -0.39 is 0 Å². The van der Waals surface area contributed by atoms with Gasteiger partial charge in [-0.15, -0.1) is 0 Å². The second-order valence-electron chi connectivity index (χ2n) is 5.27. The Hall–Kier alpha value is -1.13. The van der Waals surface area contributed by atoms with Crippen LogP contribution in [0.2, 0.25) is 0 Å². The van der Waals surface area contributed by atoms with Crippen molar-refractivity contribution in [2.24, 2.45) is 11.7 Å². The van der Waals surface area contributed by atoms with Crippen molar-refractivity contribution < 1.29 is 5.11 Å². The SMILES string of the molecule is CCC1CN(Cc2nc(C)ccc2O)CCC1N. The molecule has 1 aliphatic rings. The van der Waals surface area contributed by atoms with Crippen LogP contribution in [0.5, 0.6) is 5.75 Å². The number of aryl methyl sites for hydroxylation is 1. The molecule has 0 aromatic carbocycles. The molecule has 0 bridgehead atoms. The highest BCUT2D eigenvalue weighted by Gasteiger charge is 2.25. The Balaban J connectivity index is 2.03. The minimum atomic E-state index is 0.295. The molecule has 1 aromatic heterocycles. The Kier molecular flexibility index (Phi) is 4.19. The number of rotatable bonds is 3. The normalized spacial score (nSPS) is 25.3. The molecule has 2 heterocycles. The van der Waals surface area contributed by atoms with Gasteiger partial charge in [-0.25, -0.2) is 0 Å². The van der Waals surface area contributed by atoms with Crippen LogP contribution in [0.25, 0.3) is 0 Å². The maximum atomic E-state index is 9.83. The van der Waals surface area contributed by atoms with Gasteiger partial charge in [0.2, 0.25) is 0 Å². The molecule has 1 aromatic rings. The zero-order chi connectivity index (χ0) is 13.1. The second kappa shape index (κ2) is 5.67. The Morgan fingerprint density at radius 3 is 3.00 bits per heavy atom. The summed E-state index contributed by atoms with van der Waals surface area (Å²) in [4.78, 5) is 6.76. The highest BCUT2D eigenvalue weighted by atomic mass is 16.3. The number of aromatic nitrogens is 1. The molecular formula is C14H23N3O. The van der Waals surface area contributed by atoms with Crippen LogP contribution in [0.3, 0.4) is 0 Å². The van der Waals surface area contributed by atoms with Crippen molar-refractivity contribution in [3.8, 4) is 5.75 Å². The van der Waals surface area contributed by atoms with E-state index in [1.54, 1.807) is 6.07 Å². The topological polar surface area (TPSA) is 62.4 Å². The van der Waals surface area contributed by atoms with Crippen LogP contribution >= 0.6 is 0 Å². The van der Waals surface area contributed by atoms with E-state index in [1.165, 1.54) is 0 Å². The third-order valence-electron chi connectivity index (χ3n) is 3.86. The molecule has 2 atom stereocenters. The van der Waals surface area contributed by atoms with Gasteiger partial charge in [0.1, 0.15) is 5.75 Å². The van der Waals surface area contributed by atoms with Crippen LogP contribution in [-0.2, 0) is 6.54 Å². The van der Waals surface area contributed by atoms with Gasteiger partial charge in [0.25, 0.3) is 0 Å². The lowest BCUT2D eigenvalue weighted by Gasteiger charge is -2.36. The Labute approximate surface area is 109 Å². The summed E-state index contributed by atoms with van der Waals surface area (Å²) in [5, 5.41) is 9.83. The van der Waals surface area contributed by atoms with Gasteiger partial charge in [0.15, 0.2) is 0 Å². The zero-order valence-electron chi connectivity index (χ0n) is 11.3. The van der Waals surface area contributed by atoms with Crippen LogP contribution in [0.4, 0.5) is 0 Å². The summed E-state index contributed by atoms with van der Waals surface area (Å²) in [6, 6.07) is 3.88. The average molecular weight is 249 g/mol. The quantitative estimate of drug-likeness (QED) is 0.855. The summed E-state index contributed by atoms with van der Waals surface area (Å²) < 4.78 is 0. The number of hydrogen-bond donors (Lipinski definition) is 2. The second-order valence-corrected chi connectivity index (χ2v) is 5.27. The number of aromatic hydroxyl groups is 1. The van der Waals surface area contributed by atoms with Crippen LogP contribution in [0.15, 0.2) is 12.1 Å². The maximum Gasteiger partial charge on any atom is 0.138 e. The summed E-state index contributed by atoms with van der Waals surface area (Å²) in [5.41, 5.74) is 7.83. The van der Waals surface area contributed by atoms with Crippen LogP contribution in [0, 0.1) is 12.8 Å². The van der Waals surface area contributed by atoms with E-state index in [0.29, 0.717) is 17.7 Å². The van der Waals surface area contributed by atoms with Crippen molar-refractivity contribution >= 4 is 0 Å². The van der Waals surface area contributed by atoms with E-state index in [1.807, 2.05) is 13.0 Å². The standard InChI is InChI=1S/C14H23N3O/c1-3-11-8-17(7-6-12(11)15)9-13-14(18)5-4-10(2)16-13/h4-5,11-12,18H,3,6-9,15H2,1-2H3. The van der Waals surface area contributed by atoms with Crippen molar-refractivity contribution in [1.82, 2.24) is 9.88 Å². The highest BCUT2D eigenvalue weighted by molar-refractivity contribution is 5.27. The molecule has 2 rings (SSSR count). The molecule has 0 radical (unpaired) electrons. The molecule has 18 heavy (non-hydrogen) atoms. The maximum absolute atomic E-state index is 9.83. The summed E-state index contributed by atoms with van der Waals surface area (Å²) in [7, 11) is 0. The van der Waals surface area contributed by atoms with Gasteiger partial charge in [0.05, 0.1) is 5.69 Å². The fraction of sp³-hybridized carbons (Fsp3) is 0.643. The number of hydrogen-bond acceptors (Lipinski definition) is 4. The fourth-order valence-corrected chi connectivity index (χ4v) is 2.63. The monoisotopic (exact) mass is 249 g/mol. The van der Waals surface area contributed by atoms with E-state index in [2.05, 4.69) is 16.8 Å². The van der Waals surface area contributed by atoms with Gasteiger partial charge in [-0.05, 0) is 31.4 Å². The summed E-state index contributed by atoms with van der Waals surface area (Å²) in [6.07, 6.45) is 2.15. The van der Waals surface area contributed by atoms with E-state index in [0.717, 1.165) is 43.9 Å². The molecule has 1 fully saturated rings. The zero-order valence-corrected chi connectivity index (χ0v) is 11.3. The van der Waals surface area contributed by atoms with Crippen molar-refractivity contribution in [2.75, 3.05) is 13.1 Å². The van der Waals surface area contributed by atoms with Gasteiger partial charge in [-0.1, -0.05) is 13.3 Å². The fourth-order valence-electron chi connectivity index (χ4n) is 2.63. The van der Waals surface area contributed by atoms with Gasteiger partial charge in [-0.3, -0.25) is 9.88 Å². The lowest BCUT2D eigenvalue weighted by Crippen LogP contribution is -2.46. The van der Waals surface area contributed by atoms with Crippen LogP contribution in [0.1, 0.15) is 31.2 Å². The number of nitrogens with two attached hydrogens (primary N) is 1. The largest absolute Gasteiger partial charge is 0.506 e. The van der Waals surface area contributed by atoms with Crippen molar-refractivity contribution in [3.63, 3.8) is 0 Å². The van der Waals surface area contributed by atoms with Gasteiger partial charge < -0.3 is 10.8 Å². The molecule has 1 aliphatic heterocycles. The van der Waals surface area contributed by atoms with Gasteiger partial charge >= 0.3 is 0 Å². The summed E-state index contributed by atoms with van der Waals surface area (Å²) >= 11 is 0. The first kappa shape index (κ1) is 13.3. The smallest absolute Gasteiger partial charge is 0.138 e. The number of pyridine rings is 1. The first-order chi connectivity index (χ1) is 8.60. The van der Waals surface area contributed by atoms with Gasteiger partial charge in [0, 0.05) is 31.4 Å². The van der Waals surface area contributed by atoms with Crippen LogP contribution < -0.4 is 5.73 Å². The molecule has 4 nitrogen and oxygen atoms in total. The molecule has 3 N–H and O–H groups in total. The highest BCUT2D eigenvalue weighted by Crippen LogP contribution is 2.22. The van der Waals surface area contributed by atoms with E-state index >= 15 is 0 Å². The predicted octanol–water partition coefficient (Wildman–Crippen LogP) is 1.65. The van der Waals surface area contributed by atoms with E-state index in [9.17, 15) is 5.11 Å². The third kappa shape index (κ3) is 3.00. The molecule has 0 spiro atoms. The number of nitrogens with zero attached hydrogens (tertiary/aromatic N) is 2. The predicted molar refractivity (Wildman–Crippen MR) is 72.3 cm³/mol. The van der Waals surface area contributed by atoms with Crippen molar-refractivity contribution in [3.05, 3.63) is 23.5 Å². The first-order valence-electron chi connectivity index (χ1n) is 6.73. The number of likely N-dealkylation sites (tertiary alicyclic amines) is 1. The molecule has 4 heteroatoms. The molecule has 1 saturated heterocycles. The third-order valence-corrected chi connectivity index (χ3v) is 3.86. The summed E-state index contributed by atoms with van der Waals surface area (Å²) in [5.74, 6) is 0.856. The van der Waals surface area contributed by atoms with E-state index in [-0.39, 0.29) is 0 Å². The van der Waals surface area contributed by atoms with Crippen molar-refractivity contribution in [1.29, 1.82) is 0 Å². The number of piperidine rings is 1. The first-order valence-corrected chi connectivity index (χ1v) is 6.73. The average Bonchev–Trinajstić information content (AvgIpc) is 2.36. The molecule has 0 saturated carbocycles. The lowest BCUT2D eigenvalue weighted by molar-refractivity contribution is 0.143.